The summed E-state index contributed by atoms with van der Waals surface area (Å²) in [6.45, 7) is 0. The van der Waals surface area contributed by atoms with E-state index in [-0.39, 0.29) is 11.7 Å². The molecule has 0 spiro atoms. The Hall–Kier alpha value is -3.36. The van der Waals surface area contributed by atoms with Crippen LogP contribution in [0.2, 0.25) is 0 Å². The second-order valence-corrected chi connectivity index (χ2v) is 7.83. The van der Waals surface area contributed by atoms with Gasteiger partial charge in [-0.15, -0.1) is 0 Å². The van der Waals surface area contributed by atoms with Crippen molar-refractivity contribution in [1.29, 1.82) is 0 Å². The lowest BCUT2D eigenvalue weighted by atomic mass is 10.2. The van der Waals surface area contributed by atoms with Gasteiger partial charge in [0.05, 0.1) is 24.0 Å². The molecule has 0 bridgehead atoms. The largest absolute Gasteiger partial charge is 0.497 e. The van der Waals surface area contributed by atoms with Crippen LogP contribution in [-0.2, 0) is 4.79 Å². The minimum Gasteiger partial charge on any atom is -0.497 e. The van der Waals surface area contributed by atoms with E-state index in [1.54, 1.807) is 61.7 Å². The van der Waals surface area contributed by atoms with Crippen LogP contribution in [0.15, 0.2) is 76.2 Å². The first kappa shape index (κ1) is 19.9. The van der Waals surface area contributed by atoms with Crippen LogP contribution in [0.3, 0.4) is 0 Å². The van der Waals surface area contributed by atoms with Gasteiger partial charge in [-0.25, -0.2) is 4.79 Å². The van der Waals surface area contributed by atoms with Crippen molar-refractivity contribution in [3.05, 3.63) is 83.2 Å². The van der Waals surface area contributed by atoms with Gasteiger partial charge in [-0.2, -0.15) is 0 Å². The fourth-order valence-electron chi connectivity index (χ4n) is 2.79. The zero-order valence-corrected chi connectivity index (χ0v) is 17.4. The van der Waals surface area contributed by atoms with Gasteiger partial charge >= 0.3 is 5.97 Å². The molecular weight excluding hydrogens is 422 g/mol. The molecule has 0 atom stereocenters. The van der Waals surface area contributed by atoms with Crippen LogP contribution in [0, 0.1) is 0 Å². The fourth-order valence-corrected chi connectivity index (χ4v) is 4.09. The van der Waals surface area contributed by atoms with E-state index >= 15 is 0 Å². The summed E-state index contributed by atoms with van der Waals surface area (Å²) in [5.74, 6) is 0.341. The molecule has 4 rings (SSSR count). The molecule has 1 amide bonds. The Bertz CT molecular complexity index is 1140. The van der Waals surface area contributed by atoms with Crippen molar-refractivity contribution in [2.75, 3.05) is 12.0 Å². The minimum atomic E-state index is -0.594. The van der Waals surface area contributed by atoms with Gasteiger partial charge in [0, 0.05) is 0 Å². The minimum absolute atomic E-state index is 0.112. The summed E-state index contributed by atoms with van der Waals surface area (Å²) in [4.78, 5) is 26.9. The summed E-state index contributed by atoms with van der Waals surface area (Å²) in [7, 11) is 1.58. The highest BCUT2D eigenvalue weighted by atomic mass is 32.2. The van der Waals surface area contributed by atoms with E-state index in [9.17, 15) is 9.59 Å². The summed E-state index contributed by atoms with van der Waals surface area (Å²) in [6.07, 6.45) is 3.12. The molecule has 0 aliphatic carbocycles. The summed E-state index contributed by atoms with van der Waals surface area (Å²) in [6, 6.07) is 17.1. The van der Waals surface area contributed by atoms with Gasteiger partial charge < -0.3 is 13.9 Å². The third kappa shape index (κ3) is 4.14. The molecular formula is C22H15NO5S2. The first-order valence-electron chi connectivity index (χ1n) is 8.83. The molecule has 2 aromatic carbocycles. The lowest BCUT2D eigenvalue weighted by molar-refractivity contribution is -0.113. The van der Waals surface area contributed by atoms with E-state index in [1.807, 2.05) is 6.07 Å². The number of nitrogens with zero attached hydrogens (tertiary/aromatic N) is 1. The molecule has 1 fully saturated rings. The molecule has 1 aromatic heterocycles. The Kier molecular flexibility index (Phi) is 5.69. The highest BCUT2D eigenvalue weighted by Gasteiger charge is 2.33. The van der Waals surface area contributed by atoms with Gasteiger partial charge in [0.2, 0.25) is 5.76 Å². The van der Waals surface area contributed by atoms with Crippen LogP contribution in [-0.4, -0.2) is 23.3 Å². The zero-order chi connectivity index (χ0) is 21.1. The van der Waals surface area contributed by atoms with Gasteiger partial charge in [0.25, 0.3) is 5.91 Å². The average Bonchev–Trinajstić information content (AvgIpc) is 3.37. The lowest BCUT2D eigenvalue weighted by Crippen LogP contribution is -2.27. The van der Waals surface area contributed by atoms with Gasteiger partial charge in [0.1, 0.15) is 11.5 Å². The second-order valence-electron chi connectivity index (χ2n) is 6.15. The Morgan fingerprint density at radius 1 is 1.10 bits per heavy atom. The topological polar surface area (TPSA) is 69.0 Å². The van der Waals surface area contributed by atoms with Gasteiger partial charge in [-0.1, -0.05) is 36.1 Å². The summed E-state index contributed by atoms with van der Waals surface area (Å²) < 4.78 is 16.0. The summed E-state index contributed by atoms with van der Waals surface area (Å²) >= 11 is 6.61. The molecule has 0 unspecified atom stereocenters. The second kappa shape index (κ2) is 8.56. The van der Waals surface area contributed by atoms with E-state index in [0.717, 1.165) is 0 Å². The predicted molar refractivity (Wildman–Crippen MR) is 119 cm³/mol. The van der Waals surface area contributed by atoms with Crippen molar-refractivity contribution in [2.24, 2.45) is 0 Å². The van der Waals surface area contributed by atoms with Gasteiger partial charge in [-0.05, 0) is 60.2 Å². The quantitative estimate of drug-likeness (QED) is 0.243. The Morgan fingerprint density at radius 3 is 2.60 bits per heavy atom. The van der Waals surface area contributed by atoms with Gasteiger partial charge in [0.15, 0.2) is 4.32 Å². The highest BCUT2D eigenvalue weighted by Crippen LogP contribution is 2.36. The summed E-state index contributed by atoms with van der Waals surface area (Å²) in [5.41, 5.74) is 1.37. The highest BCUT2D eigenvalue weighted by molar-refractivity contribution is 8.27. The van der Waals surface area contributed by atoms with Crippen LogP contribution in [0.5, 0.6) is 11.5 Å². The molecule has 8 heteroatoms. The van der Waals surface area contributed by atoms with E-state index in [2.05, 4.69) is 0 Å². The van der Waals surface area contributed by atoms with Crippen molar-refractivity contribution in [1.82, 2.24) is 0 Å². The van der Waals surface area contributed by atoms with E-state index < -0.39 is 5.97 Å². The number of anilines is 1. The third-order valence-electron chi connectivity index (χ3n) is 4.21. The molecule has 6 nitrogen and oxygen atoms in total. The average molecular weight is 437 g/mol. The van der Waals surface area contributed by atoms with E-state index in [4.69, 9.17) is 26.1 Å². The smallest absolute Gasteiger partial charge is 0.379 e. The summed E-state index contributed by atoms with van der Waals surface area (Å²) in [5, 5.41) is 0. The Labute approximate surface area is 182 Å². The number of methoxy groups -OCH3 is 1. The number of amides is 1. The van der Waals surface area contributed by atoms with Crippen molar-refractivity contribution < 1.29 is 23.5 Å². The standard InChI is InChI=1S/C22H15NO5S2/c1-26-16-9-7-15(8-10-16)23-20(24)19(30-22(23)29)13-14-4-2-5-17(12-14)28-21(25)18-6-3-11-27-18/h2-13H,1H3. The van der Waals surface area contributed by atoms with Crippen molar-refractivity contribution in [3.63, 3.8) is 0 Å². The van der Waals surface area contributed by atoms with Crippen molar-refractivity contribution in [2.45, 2.75) is 0 Å². The van der Waals surface area contributed by atoms with Crippen molar-refractivity contribution >= 4 is 51.9 Å². The number of esters is 1. The molecule has 1 aliphatic rings. The van der Waals surface area contributed by atoms with E-state index in [1.165, 1.54) is 29.0 Å². The normalized spacial score (nSPS) is 15.0. The van der Waals surface area contributed by atoms with Crippen LogP contribution in [0.1, 0.15) is 16.1 Å². The number of furan rings is 1. The third-order valence-corrected chi connectivity index (χ3v) is 5.52. The lowest BCUT2D eigenvalue weighted by Gasteiger charge is -2.14. The van der Waals surface area contributed by atoms with Crippen molar-refractivity contribution in [3.8, 4) is 11.5 Å². The van der Waals surface area contributed by atoms with Crippen LogP contribution >= 0.6 is 24.0 Å². The molecule has 0 radical (unpaired) electrons. The maximum Gasteiger partial charge on any atom is 0.379 e. The predicted octanol–water partition coefficient (Wildman–Crippen LogP) is 4.91. The Morgan fingerprint density at radius 2 is 1.90 bits per heavy atom. The molecule has 2 heterocycles. The number of rotatable bonds is 5. The maximum absolute atomic E-state index is 12.9. The first-order valence-corrected chi connectivity index (χ1v) is 10.1. The number of benzene rings is 2. The zero-order valence-electron chi connectivity index (χ0n) is 15.7. The SMILES string of the molecule is COc1ccc(N2C(=O)C(=Cc3cccc(OC(=O)c4ccco4)c3)SC2=S)cc1. The van der Waals surface area contributed by atoms with Crippen LogP contribution in [0.25, 0.3) is 6.08 Å². The number of hydrogen-bond donors (Lipinski definition) is 0. The number of carbonyl (C=O) groups excluding carboxylic acids is 2. The molecule has 0 saturated carbocycles. The maximum atomic E-state index is 12.9. The number of hydrogen-bond acceptors (Lipinski definition) is 7. The molecule has 30 heavy (non-hydrogen) atoms. The Balaban J connectivity index is 1.54. The van der Waals surface area contributed by atoms with Crippen LogP contribution in [0.4, 0.5) is 5.69 Å². The van der Waals surface area contributed by atoms with E-state index in [0.29, 0.717) is 32.0 Å². The number of carbonyl (C=O) groups is 2. The van der Waals surface area contributed by atoms with Gasteiger partial charge in [-0.3, -0.25) is 9.69 Å². The molecule has 1 aliphatic heterocycles. The van der Waals surface area contributed by atoms with Crippen LogP contribution < -0.4 is 14.4 Å². The first-order chi connectivity index (χ1) is 14.5. The molecule has 0 N–H and O–H groups in total. The number of thiocarbonyl (C=S) groups is 1. The monoisotopic (exact) mass is 437 g/mol. The molecule has 3 aromatic rings. The number of ether oxygens (including phenoxy) is 2. The number of thioether (sulfide) groups is 1. The molecule has 1 saturated heterocycles. The fraction of sp³-hybridized carbons (Fsp3) is 0.0455. The molecule has 150 valence electrons.